The third-order valence-corrected chi connectivity index (χ3v) is 5.45. The van der Waals surface area contributed by atoms with Crippen LogP contribution in [0.1, 0.15) is 26.7 Å². The Bertz CT molecular complexity index is 469. The summed E-state index contributed by atoms with van der Waals surface area (Å²) in [5.74, 6) is 0.618. The summed E-state index contributed by atoms with van der Waals surface area (Å²) in [6, 6.07) is 8.80. The van der Waals surface area contributed by atoms with Gasteiger partial charge < -0.3 is 0 Å². The normalized spacial score (nSPS) is 26.9. The van der Waals surface area contributed by atoms with Gasteiger partial charge in [0.2, 0.25) is 10.0 Å². The van der Waals surface area contributed by atoms with Gasteiger partial charge in [-0.1, -0.05) is 25.1 Å². The average molecular weight is 253 g/mol. The van der Waals surface area contributed by atoms with Gasteiger partial charge in [-0.05, 0) is 37.8 Å². The summed E-state index contributed by atoms with van der Waals surface area (Å²) in [4.78, 5) is 0.404. The van der Waals surface area contributed by atoms with Gasteiger partial charge in [-0.15, -0.1) is 0 Å². The van der Waals surface area contributed by atoms with Crippen LogP contribution in [0.4, 0.5) is 0 Å². The van der Waals surface area contributed by atoms with Gasteiger partial charge in [0.25, 0.3) is 0 Å². The standard InChI is InChI=1S/C13H19NO2S/c1-11-8-9-14(12(2)10-11)17(15,16)13-6-4-3-5-7-13/h3-7,11-12H,8-10H2,1-2H3. The van der Waals surface area contributed by atoms with E-state index in [1.165, 1.54) is 0 Å². The SMILES string of the molecule is CC1CCN(S(=O)(=O)c2ccccc2)C(C)C1. The molecule has 2 atom stereocenters. The highest BCUT2D eigenvalue weighted by atomic mass is 32.2. The van der Waals surface area contributed by atoms with Crippen molar-refractivity contribution in [2.45, 2.75) is 37.6 Å². The monoisotopic (exact) mass is 253 g/mol. The molecule has 1 aromatic rings. The third-order valence-electron chi connectivity index (χ3n) is 3.43. The van der Waals surface area contributed by atoms with E-state index >= 15 is 0 Å². The molecule has 4 heteroatoms. The second-order valence-corrected chi connectivity index (χ2v) is 6.80. The summed E-state index contributed by atoms with van der Waals surface area (Å²) in [6.45, 7) is 4.82. The Labute approximate surface area is 104 Å². The maximum absolute atomic E-state index is 12.4. The molecule has 1 aliphatic rings. The van der Waals surface area contributed by atoms with E-state index in [2.05, 4.69) is 6.92 Å². The van der Waals surface area contributed by atoms with Crippen LogP contribution in [-0.4, -0.2) is 25.3 Å². The van der Waals surface area contributed by atoms with Gasteiger partial charge >= 0.3 is 0 Å². The number of hydrogen-bond acceptors (Lipinski definition) is 2. The quantitative estimate of drug-likeness (QED) is 0.812. The summed E-state index contributed by atoms with van der Waals surface area (Å²) in [6.07, 6.45) is 1.91. The van der Waals surface area contributed by atoms with E-state index in [1.807, 2.05) is 13.0 Å². The van der Waals surface area contributed by atoms with Crippen molar-refractivity contribution in [2.75, 3.05) is 6.54 Å². The molecular formula is C13H19NO2S. The maximum atomic E-state index is 12.4. The number of piperidine rings is 1. The molecule has 2 rings (SSSR count). The summed E-state index contributed by atoms with van der Waals surface area (Å²) in [7, 11) is -3.30. The average Bonchev–Trinajstić information content (AvgIpc) is 2.29. The topological polar surface area (TPSA) is 37.4 Å². The van der Waals surface area contributed by atoms with Crippen LogP contribution in [0.2, 0.25) is 0 Å². The first-order valence-electron chi connectivity index (χ1n) is 6.08. The molecule has 1 aliphatic heterocycles. The lowest BCUT2D eigenvalue weighted by atomic mass is 9.95. The minimum atomic E-state index is -3.30. The third kappa shape index (κ3) is 2.53. The highest BCUT2D eigenvalue weighted by molar-refractivity contribution is 7.89. The van der Waals surface area contributed by atoms with Gasteiger partial charge in [0, 0.05) is 12.6 Å². The number of sulfonamides is 1. The molecule has 17 heavy (non-hydrogen) atoms. The first-order valence-corrected chi connectivity index (χ1v) is 7.52. The fraction of sp³-hybridized carbons (Fsp3) is 0.538. The summed E-state index contributed by atoms with van der Waals surface area (Å²) < 4.78 is 26.5. The second kappa shape index (κ2) is 4.78. The molecule has 1 heterocycles. The maximum Gasteiger partial charge on any atom is 0.243 e. The highest BCUT2D eigenvalue weighted by Gasteiger charge is 2.32. The van der Waals surface area contributed by atoms with Crippen molar-refractivity contribution in [1.82, 2.24) is 4.31 Å². The number of rotatable bonds is 2. The molecule has 1 saturated heterocycles. The largest absolute Gasteiger partial charge is 0.243 e. The van der Waals surface area contributed by atoms with Crippen molar-refractivity contribution in [1.29, 1.82) is 0 Å². The molecule has 0 amide bonds. The predicted octanol–water partition coefficient (Wildman–Crippen LogP) is 2.50. The molecule has 3 nitrogen and oxygen atoms in total. The van der Waals surface area contributed by atoms with Crippen LogP contribution < -0.4 is 0 Å². The van der Waals surface area contributed by atoms with E-state index < -0.39 is 10.0 Å². The van der Waals surface area contributed by atoms with Crippen LogP contribution in [0.15, 0.2) is 35.2 Å². The van der Waals surface area contributed by atoms with Crippen molar-refractivity contribution in [3.05, 3.63) is 30.3 Å². The molecular weight excluding hydrogens is 234 g/mol. The Kier molecular flexibility index (Phi) is 3.54. The summed E-state index contributed by atoms with van der Waals surface area (Å²) in [5.41, 5.74) is 0. The van der Waals surface area contributed by atoms with Gasteiger partial charge in [0.1, 0.15) is 0 Å². The van der Waals surface area contributed by atoms with Crippen molar-refractivity contribution < 1.29 is 8.42 Å². The fourth-order valence-electron chi connectivity index (χ4n) is 2.47. The van der Waals surface area contributed by atoms with E-state index in [4.69, 9.17) is 0 Å². The zero-order chi connectivity index (χ0) is 12.5. The number of benzene rings is 1. The van der Waals surface area contributed by atoms with Crippen molar-refractivity contribution in [2.24, 2.45) is 5.92 Å². The first-order chi connectivity index (χ1) is 8.01. The van der Waals surface area contributed by atoms with Gasteiger partial charge in [0.15, 0.2) is 0 Å². The van der Waals surface area contributed by atoms with E-state index in [0.29, 0.717) is 17.4 Å². The number of nitrogens with zero attached hydrogens (tertiary/aromatic N) is 1. The zero-order valence-corrected chi connectivity index (χ0v) is 11.2. The lowest BCUT2D eigenvalue weighted by Crippen LogP contribution is -2.44. The number of hydrogen-bond donors (Lipinski definition) is 0. The van der Waals surface area contributed by atoms with Gasteiger partial charge in [-0.2, -0.15) is 4.31 Å². The Morgan fingerprint density at radius 3 is 2.41 bits per heavy atom. The second-order valence-electron chi connectivity index (χ2n) is 4.91. The molecule has 0 aromatic heterocycles. The molecule has 94 valence electrons. The molecule has 0 spiro atoms. The Morgan fingerprint density at radius 1 is 1.18 bits per heavy atom. The van der Waals surface area contributed by atoms with Crippen LogP contribution in [-0.2, 0) is 10.0 Å². The minimum Gasteiger partial charge on any atom is -0.207 e. The molecule has 0 radical (unpaired) electrons. The van der Waals surface area contributed by atoms with Gasteiger partial charge in [0.05, 0.1) is 4.90 Å². The van der Waals surface area contributed by atoms with Gasteiger partial charge in [-0.25, -0.2) is 8.42 Å². The molecule has 1 fully saturated rings. The molecule has 0 aliphatic carbocycles. The Morgan fingerprint density at radius 2 is 1.82 bits per heavy atom. The van der Waals surface area contributed by atoms with E-state index in [9.17, 15) is 8.42 Å². The van der Waals surface area contributed by atoms with Crippen molar-refractivity contribution in [3.63, 3.8) is 0 Å². The van der Waals surface area contributed by atoms with Crippen LogP contribution in [0.5, 0.6) is 0 Å². The van der Waals surface area contributed by atoms with E-state index in [-0.39, 0.29) is 6.04 Å². The molecule has 0 bridgehead atoms. The smallest absolute Gasteiger partial charge is 0.207 e. The molecule has 1 aromatic carbocycles. The van der Waals surface area contributed by atoms with Crippen molar-refractivity contribution in [3.8, 4) is 0 Å². The molecule has 2 unspecified atom stereocenters. The predicted molar refractivity (Wildman–Crippen MR) is 68.2 cm³/mol. The zero-order valence-electron chi connectivity index (χ0n) is 10.3. The highest BCUT2D eigenvalue weighted by Crippen LogP contribution is 2.27. The lowest BCUT2D eigenvalue weighted by Gasteiger charge is -2.35. The first kappa shape index (κ1) is 12.6. The van der Waals surface area contributed by atoms with E-state index in [1.54, 1.807) is 28.6 Å². The van der Waals surface area contributed by atoms with Gasteiger partial charge in [-0.3, -0.25) is 0 Å². The fourth-order valence-corrected chi connectivity index (χ4v) is 4.15. The van der Waals surface area contributed by atoms with Crippen LogP contribution in [0, 0.1) is 5.92 Å². The molecule has 0 saturated carbocycles. The van der Waals surface area contributed by atoms with Crippen LogP contribution in [0.25, 0.3) is 0 Å². The summed E-state index contributed by atoms with van der Waals surface area (Å²) in [5, 5.41) is 0. The Hall–Kier alpha value is -0.870. The Balaban J connectivity index is 2.28. The van der Waals surface area contributed by atoms with Crippen molar-refractivity contribution >= 4 is 10.0 Å². The van der Waals surface area contributed by atoms with Crippen LogP contribution in [0.3, 0.4) is 0 Å². The van der Waals surface area contributed by atoms with Crippen LogP contribution >= 0.6 is 0 Å². The van der Waals surface area contributed by atoms with E-state index in [0.717, 1.165) is 12.8 Å². The summed E-state index contributed by atoms with van der Waals surface area (Å²) >= 11 is 0. The lowest BCUT2D eigenvalue weighted by molar-refractivity contribution is 0.220. The minimum absolute atomic E-state index is 0.101. The molecule has 0 N–H and O–H groups in total.